The Morgan fingerprint density at radius 1 is 1.47 bits per heavy atom. The maximum absolute atomic E-state index is 12.2. The predicted molar refractivity (Wildman–Crippen MR) is 69.9 cm³/mol. The minimum absolute atomic E-state index is 0.292. The van der Waals surface area contributed by atoms with Crippen molar-refractivity contribution in [1.82, 2.24) is 4.90 Å². The first-order valence-corrected chi connectivity index (χ1v) is 6.55. The van der Waals surface area contributed by atoms with E-state index in [1.165, 1.54) is 12.0 Å². The van der Waals surface area contributed by atoms with Crippen molar-refractivity contribution in [2.75, 3.05) is 6.54 Å². The number of hydrogen-bond donors (Lipinski definition) is 0. The highest BCUT2D eigenvalue weighted by atomic mass is 16.2. The van der Waals surface area contributed by atoms with E-state index in [4.69, 9.17) is 0 Å². The highest BCUT2D eigenvalue weighted by Gasteiger charge is 2.26. The second-order valence-electron chi connectivity index (χ2n) is 4.96. The van der Waals surface area contributed by atoms with E-state index in [-0.39, 0.29) is 0 Å². The molecular formula is C15H21NO. The molecule has 2 heteroatoms. The fourth-order valence-corrected chi connectivity index (χ4v) is 2.69. The third-order valence-corrected chi connectivity index (χ3v) is 3.61. The van der Waals surface area contributed by atoms with E-state index in [1.807, 2.05) is 12.1 Å². The zero-order valence-electron chi connectivity index (χ0n) is 10.8. The summed E-state index contributed by atoms with van der Waals surface area (Å²) < 4.78 is 0. The molecule has 1 unspecified atom stereocenters. The van der Waals surface area contributed by atoms with Gasteiger partial charge in [0.25, 0.3) is 0 Å². The normalized spacial score (nSPS) is 19.6. The van der Waals surface area contributed by atoms with E-state index in [1.54, 1.807) is 0 Å². The van der Waals surface area contributed by atoms with Gasteiger partial charge >= 0.3 is 0 Å². The Kier molecular flexibility index (Phi) is 3.82. The third kappa shape index (κ3) is 2.87. The van der Waals surface area contributed by atoms with E-state index in [2.05, 4.69) is 30.9 Å². The molecule has 1 heterocycles. The fourth-order valence-electron chi connectivity index (χ4n) is 2.69. The van der Waals surface area contributed by atoms with Gasteiger partial charge in [0.1, 0.15) is 0 Å². The largest absolute Gasteiger partial charge is 0.339 e. The second kappa shape index (κ2) is 5.35. The lowest BCUT2D eigenvalue weighted by molar-refractivity contribution is -0.131. The zero-order valence-corrected chi connectivity index (χ0v) is 10.8. The van der Waals surface area contributed by atoms with Gasteiger partial charge in [-0.3, -0.25) is 4.79 Å². The molecule has 1 aromatic carbocycles. The van der Waals surface area contributed by atoms with Crippen LogP contribution in [0.5, 0.6) is 0 Å². The van der Waals surface area contributed by atoms with Crippen LogP contribution in [0, 0.1) is 6.92 Å². The van der Waals surface area contributed by atoms with Crippen LogP contribution in [0.2, 0.25) is 0 Å². The maximum atomic E-state index is 12.2. The molecule has 2 nitrogen and oxygen atoms in total. The van der Waals surface area contributed by atoms with E-state index < -0.39 is 0 Å². The van der Waals surface area contributed by atoms with Gasteiger partial charge in [0.05, 0.1) is 6.42 Å². The van der Waals surface area contributed by atoms with Crippen molar-refractivity contribution in [2.24, 2.45) is 0 Å². The highest BCUT2D eigenvalue weighted by Crippen LogP contribution is 2.21. The van der Waals surface area contributed by atoms with Gasteiger partial charge in [-0.25, -0.2) is 0 Å². The number of hydrogen-bond acceptors (Lipinski definition) is 1. The number of amides is 1. The van der Waals surface area contributed by atoms with Crippen LogP contribution < -0.4 is 0 Å². The van der Waals surface area contributed by atoms with Crippen LogP contribution in [0.25, 0.3) is 0 Å². The van der Waals surface area contributed by atoms with Crippen LogP contribution in [0.3, 0.4) is 0 Å². The minimum atomic E-state index is 0.292. The standard InChI is InChI=1S/C15H21NO/c1-3-14-8-5-9-16(14)15(17)11-13-7-4-6-12(2)10-13/h4,6-7,10,14H,3,5,8-9,11H2,1-2H3. The van der Waals surface area contributed by atoms with Crippen molar-refractivity contribution in [3.8, 4) is 0 Å². The first kappa shape index (κ1) is 12.2. The summed E-state index contributed by atoms with van der Waals surface area (Å²) in [5.74, 6) is 0.292. The van der Waals surface area contributed by atoms with Gasteiger partial charge in [0.15, 0.2) is 0 Å². The Balaban J connectivity index is 2.01. The van der Waals surface area contributed by atoms with Crippen molar-refractivity contribution in [3.05, 3.63) is 35.4 Å². The molecule has 0 spiro atoms. The molecule has 1 atom stereocenters. The molecule has 1 saturated heterocycles. The Morgan fingerprint density at radius 3 is 3.00 bits per heavy atom. The summed E-state index contributed by atoms with van der Waals surface area (Å²) in [5, 5.41) is 0. The van der Waals surface area contributed by atoms with E-state index >= 15 is 0 Å². The quantitative estimate of drug-likeness (QED) is 0.783. The van der Waals surface area contributed by atoms with Crippen molar-refractivity contribution in [1.29, 1.82) is 0 Å². The minimum Gasteiger partial charge on any atom is -0.339 e. The highest BCUT2D eigenvalue weighted by molar-refractivity contribution is 5.79. The van der Waals surface area contributed by atoms with Crippen LogP contribution in [0.1, 0.15) is 37.3 Å². The Bertz CT molecular complexity index is 400. The smallest absolute Gasteiger partial charge is 0.227 e. The lowest BCUT2D eigenvalue weighted by atomic mass is 10.1. The first-order chi connectivity index (χ1) is 8.20. The average molecular weight is 231 g/mol. The molecule has 1 aliphatic heterocycles. The predicted octanol–water partition coefficient (Wildman–Crippen LogP) is 2.94. The Hall–Kier alpha value is -1.31. The van der Waals surface area contributed by atoms with Gasteiger partial charge in [0.2, 0.25) is 5.91 Å². The molecule has 0 aliphatic carbocycles. The second-order valence-corrected chi connectivity index (χ2v) is 4.96. The molecule has 17 heavy (non-hydrogen) atoms. The summed E-state index contributed by atoms with van der Waals surface area (Å²) in [7, 11) is 0. The molecule has 0 aromatic heterocycles. The Morgan fingerprint density at radius 2 is 2.29 bits per heavy atom. The number of rotatable bonds is 3. The lowest BCUT2D eigenvalue weighted by Crippen LogP contribution is -2.36. The van der Waals surface area contributed by atoms with E-state index in [9.17, 15) is 4.79 Å². The van der Waals surface area contributed by atoms with E-state index in [0.717, 1.165) is 24.9 Å². The molecule has 1 aromatic rings. The fraction of sp³-hybridized carbons (Fsp3) is 0.533. The number of carbonyl (C=O) groups is 1. The van der Waals surface area contributed by atoms with Gasteiger partial charge in [0, 0.05) is 12.6 Å². The number of carbonyl (C=O) groups excluding carboxylic acids is 1. The van der Waals surface area contributed by atoms with Crippen LogP contribution >= 0.6 is 0 Å². The lowest BCUT2D eigenvalue weighted by Gasteiger charge is -2.23. The summed E-state index contributed by atoms with van der Waals surface area (Å²) in [6.07, 6.45) is 3.98. The molecule has 1 fully saturated rings. The topological polar surface area (TPSA) is 20.3 Å². The number of aryl methyl sites for hydroxylation is 1. The summed E-state index contributed by atoms with van der Waals surface area (Å²) >= 11 is 0. The number of nitrogens with zero attached hydrogens (tertiary/aromatic N) is 1. The molecular weight excluding hydrogens is 210 g/mol. The number of benzene rings is 1. The summed E-state index contributed by atoms with van der Waals surface area (Å²) in [6.45, 7) is 5.19. The van der Waals surface area contributed by atoms with Crippen molar-refractivity contribution < 1.29 is 4.79 Å². The molecule has 1 aliphatic rings. The molecule has 0 saturated carbocycles. The maximum Gasteiger partial charge on any atom is 0.227 e. The van der Waals surface area contributed by atoms with Gasteiger partial charge in [-0.05, 0) is 31.7 Å². The van der Waals surface area contributed by atoms with Crippen LogP contribution in [-0.2, 0) is 11.2 Å². The number of likely N-dealkylation sites (tertiary alicyclic amines) is 1. The van der Waals surface area contributed by atoms with E-state index in [0.29, 0.717) is 18.4 Å². The van der Waals surface area contributed by atoms with Gasteiger partial charge < -0.3 is 4.90 Å². The molecule has 0 radical (unpaired) electrons. The SMILES string of the molecule is CCC1CCCN1C(=O)Cc1cccc(C)c1. The monoisotopic (exact) mass is 231 g/mol. The molecule has 0 N–H and O–H groups in total. The van der Waals surface area contributed by atoms with Crippen LogP contribution in [0.4, 0.5) is 0 Å². The molecule has 2 rings (SSSR count). The van der Waals surface area contributed by atoms with Crippen molar-refractivity contribution in [2.45, 2.75) is 45.6 Å². The van der Waals surface area contributed by atoms with Crippen LogP contribution in [0.15, 0.2) is 24.3 Å². The van der Waals surface area contributed by atoms with Gasteiger partial charge in [-0.1, -0.05) is 36.8 Å². The average Bonchev–Trinajstić information content (AvgIpc) is 2.77. The van der Waals surface area contributed by atoms with Gasteiger partial charge in [-0.2, -0.15) is 0 Å². The summed E-state index contributed by atoms with van der Waals surface area (Å²) in [6, 6.07) is 8.72. The summed E-state index contributed by atoms with van der Waals surface area (Å²) in [4.78, 5) is 14.3. The van der Waals surface area contributed by atoms with Crippen LogP contribution in [-0.4, -0.2) is 23.4 Å². The van der Waals surface area contributed by atoms with Crippen molar-refractivity contribution in [3.63, 3.8) is 0 Å². The summed E-state index contributed by atoms with van der Waals surface area (Å²) in [5.41, 5.74) is 2.36. The third-order valence-electron chi connectivity index (χ3n) is 3.61. The molecule has 1 amide bonds. The first-order valence-electron chi connectivity index (χ1n) is 6.55. The molecule has 92 valence electrons. The zero-order chi connectivity index (χ0) is 12.3. The Labute approximate surface area is 104 Å². The van der Waals surface area contributed by atoms with Gasteiger partial charge in [-0.15, -0.1) is 0 Å². The molecule has 0 bridgehead atoms. The van der Waals surface area contributed by atoms with Crippen molar-refractivity contribution >= 4 is 5.91 Å².